The van der Waals surface area contributed by atoms with Gasteiger partial charge >= 0.3 is 0 Å². The van der Waals surface area contributed by atoms with Gasteiger partial charge in [0.15, 0.2) is 5.88 Å². The van der Waals surface area contributed by atoms with E-state index in [2.05, 4.69) is 58.0 Å². The summed E-state index contributed by atoms with van der Waals surface area (Å²) >= 11 is 0. The van der Waals surface area contributed by atoms with Crippen LogP contribution in [0.4, 0.5) is 4.39 Å². The normalized spacial score (nSPS) is 12.0. The smallest absolute Gasteiger partial charge is 0.259 e. The number of H-pyrrole nitrogens is 1. The average Bonchev–Trinajstić information content (AvgIpc) is 2.55. The summed E-state index contributed by atoms with van der Waals surface area (Å²) in [5.74, 6) is 2.99. The minimum atomic E-state index is -2.02. The quantitative estimate of drug-likeness (QED) is 0.588. The second kappa shape index (κ2) is 7.67. The van der Waals surface area contributed by atoms with Crippen LogP contribution in [0.2, 0.25) is 16.6 Å². The Labute approximate surface area is 156 Å². The summed E-state index contributed by atoms with van der Waals surface area (Å²) in [5, 5.41) is 0.916. The number of rotatable bonds is 4. The molecule has 1 N–H and O–H groups in total. The van der Waals surface area contributed by atoms with E-state index in [1.807, 2.05) is 0 Å². The number of fused-ring (bicyclic) bond motifs is 1. The van der Waals surface area contributed by atoms with Crippen LogP contribution in [0.5, 0.6) is 5.88 Å². The molecule has 0 radical (unpaired) electrons. The minimum absolute atomic E-state index is 0.185. The molecular formula is C21H28FNO2Si. The molecule has 1 aromatic heterocycles. The molecule has 2 aromatic rings. The van der Waals surface area contributed by atoms with Crippen molar-refractivity contribution in [3.05, 3.63) is 39.9 Å². The van der Waals surface area contributed by atoms with Gasteiger partial charge in [-0.2, -0.15) is 0 Å². The molecule has 0 saturated heterocycles. The molecule has 0 unspecified atom stereocenters. The molecule has 0 aliphatic heterocycles. The molecule has 0 amide bonds. The van der Waals surface area contributed by atoms with E-state index in [-0.39, 0.29) is 16.5 Å². The Balaban J connectivity index is 2.78. The lowest BCUT2D eigenvalue weighted by atomic mass is 10.1. The summed E-state index contributed by atoms with van der Waals surface area (Å²) < 4.78 is 19.7. The van der Waals surface area contributed by atoms with Crippen molar-refractivity contribution in [2.45, 2.75) is 58.2 Å². The van der Waals surface area contributed by atoms with E-state index in [1.165, 1.54) is 13.2 Å². The zero-order chi connectivity index (χ0) is 19.6. The van der Waals surface area contributed by atoms with E-state index in [9.17, 15) is 9.18 Å². The van der Waals surface area contributed by atoms with Crippen molar-refractivity contribution >= 4 is 18.8 Å². The Morgan fingerprint density at radius 1 is 1.08 bits per heavy atom. The van der Waals surface area contributed by atoms with Gasteiger partial charge in [-0.25, -0.2) is 4.39 Å². The van der Waals surface area contributed by atoms with E-state index >= 15 is 0 Å². The van der Waals surface area contributed by atoms with E-state index in [4.69, 9.17) is 4.74 Å². The van der Waals surface area contributed by atoms with Crippen molar-refractivity contribution in [3.8, 4) is 17.3 Å². The highest BCUT2D eigenvalue weighted by atomic mass is 28.3. The van der Waals surface area contributed by atoms with Crippen LogP contribution in [0.25, 0.3) is 10.8 Å². The van der Waals surface area contributed by atoms with Gasteiger partial charge in [0.05, 0.1) is 18.1 Å². The summed E-state index contributed by atoms with van der Waals surface area (Å²) in [4.78, 5) is 15.1. The molecule has 0 aliphatic carbocycles. The number of hydrogen-bond acceptors (Lipinski definition) is 2. The van der Waals surface area contributed by atoms with Crippen molar-refractivity contribution in [2.75, 3.05) is 7.11 Å². The molecule has 26 heavy (non-hydrogen) atoms. The largest absolute Gasteiger partial charge is 0.482 e. The summed E-state index contributed by atoms with van der Waals surface area (Å²) in [7, 11) is -0.539. The van der Waals surface area contributed by atoms with Crippen LogP contribution in [-0.2, 0) is 0 Å². The van der Waals surface area contributed by atoms with Gasteiger partial charge in [0.1, 0.15) is 13.9 Å². The fraction of sp³-hybridized carbons (Fsp3) is 0.476. The van der Waals surface area contributed by atoms with Gasteiger partial charge in [-0.3, -0.25) is 9.78 Å². The molecule has 0 saturated carbocycles. The zero-order valence-corrected chi connectivity index (χ0v) is 17.7. The van der Waals surface area contributed by atoms with Crippen molar-refractivity contribution in [1.82, 2.24) is 4.98 Å². The number of pyridine rings is 1. The number of nitrogens with one attached hydrogen (secondary N) is 1. The summed E-state index contributed by atoms with van der Waals surface area (Å²) in [6.07, 6.45) is 0. The lowest BCUT2D eigenvalue weighted by molar-refractivity contribution is 0.397. The maximum absolute atomic E-state index is 14.6. The lowest BCUT2D eigenvalue weighted by Gasteiger charge is -2.38. The van der Waals surface area contributed by atoms with Crippen molar-refractivity contribution in [2.24, 2.45) is 0 Å². The van der Waals surface area contributed by atoms with Crippen LogP contribution >= 0.6 is 0 Å². The highest BCUT2D eigenvalue weighted by Gasteiger charge is 2.41. The van der Waals surface area contributed by atoms with Crippen LogP contribution in [0.15, 0.2) is 23.0 Å². The lowest BCUT2D eigenvalue weighted by Crippen LogP contribution is -2.43. The highest BCUT2D eigenvalue weighted by Crippen LogP contribution is 2.40. The number of methoxy groups -OCH3 is 1. The number of ether oxygens (including phenoxy) is 1. The van der Waals surface area contributed by atoms with Gasteiger partial charge in [-0.15, -0.1) is 5.54 Å². The number of hydrogen-bond donors (Lipinski definition) is 1. The minimum Gasteiger partial charge on any atom is -0.482 e. The van der Waals surface area contributed by atoms with Crippen molar-refractivity contribution in [3.63, 3.8) is 0 Å². The first-order valence-electron chi connectivity index (χ1n) is 9.07. The topological polar surface area (TPSA) is 42.1 Å². The molecule has 0 spiro atoms. The molecular weight excluding hydrogens is 345 g/mol. The van der Waals surface area contributed by atoms with E-state index in [1.54, 1.807) is 12.1 Å². The Morgan fingerprint density at radius 3 is 2.15 bits per heavy atom. The monoisotopic (exact) mass is 373 g/mol. The van der Waals surface area contributed by atoms with E-state index in [0.717, 1.165) is 0 Å². The number of aromatic nitrogens is 1. The molecule has 1 heterocycles. The van der Waals surface area contributed by atoms with Gasteiger partial charge in [0, 0.05) is 6.07 Å². The second-order valence-corrected chi connectivity index (χ2v) is 13.3. The van der Waals surface area contributed by atoms with Crippen LogP contribution in [-0.4, -0.2) is 20.2 Å². The molecule has 3 nitrogen and oxygen atoms in total. The molecule has 0 aliphatic rings. The van der Waals surface area contributed by atoms with Crippen molar-refractivity contribution in [1.29, 1.82) is 0 Å². The first-order valence-corrected chi connectivity index (χ1v) is 11.3. The fourth-order valence-electron chi connectivity index (χ4n) is 4.15. The van der Waals surface area contributed by atoms with Gasteiger partial charge in [0.2, 0.25) is 0 Å². The Kier molecular flexibility index (Phi) is 5.97. The number of halogens is 1. The first kappa shape index (κ1) is 20.3. The highest BCUT2D eigenvalue weighted by molar-refractivity contribution is 6.90. The molecule has 0 fully saturated rings. The van der Waals surface area contributed by atoms with Crippen LogP contribution in [0.1, 0.15) is 47.1 Å². The van der Waals surface area contributed by atoms with E-state index in [0.29, 0.717) is 27.9 Å². The summed E-state index contributed by atoms with van der Waals surface area (Å²) in [6.45, 7) is 13.2. The SMILES string of the molecule is COc1cc2ccc(F)c(C#C[Si](C(C)C)(C(C)C)C(C)C)c2c(=O)[nH]1. The third-order valence-electron chi connectivity index (χ3n) is 5.43. The fourth-order valence-corrected chi connectivity index (χ4v) is 9.35. The van der Waals surface area contributed by atoms with Crippen LogP contribution < -0.4 is 10.3 Å². The molecule has 140 valence electrons. The van der Waals surface area contributed by atoms with Gasteiger partial charge < -0.3 is 4.74 Å². The maximum atomic E-state index is 14.6. The average molecular weight is 374 g/mol. The second-order valence-electron chi connectivity index (χ2n) is 7.70. The van der Waals surface area contributed by atoms with Gasteiger partial charge in [-0.05, 0) is 28.1 Å². The van der Waals surface area contributed by atoms with Gasteiger partial charge in [-0.1, -0.05) is 53.5 Å². The predicted octanol–water partition coefficient (Wildman–Crippen LogP) is 5.25. The zero-order valence-electron chi connectivity index (χ0n) is 16.7. The summed E-state index contributed by atoms with van der Waals surface area (Å²) in [6, 6.07) is 4.65. The summed E-state index contributed by atoms with van der Waals surface area (Å²) in [5.41, 5.74) is 4.62. The molecule has 5 heteroatoms. The van der Waals surface area contributed by atoms with Crippen LogP contribution in [0.3, 0.4) is 0 Å². The third kappa shape index (κ3) is 3.43. The Bertz CT molecular complexity index is 897. The number of aromatic amines is 1. The predicted molar refractivity (Wildman–Crippen MR) is 109 cm³/mol. The number of benzene rings is 1. The van der Waals surface area contributed by atoms with Crippen LogP contribution in [0, 0.1) is 17.3 Å². The van der Waals surface area contributed by atoms with E-state index < -0.39 is 13.9 Å². The third-order valence-corrected chi connectivity index (χ3v) is 11.7. The Hall–Kier alpha value is -2.06. The molecule has 0 bridgehead atoms. The van der Waals surface area contributed by atoms with Crippen molar-refractivity contribution < 1.29 is 9.13 Å². The molecule has 1 aromatic carbocycles. The molecule has 2 rings (SSSR count). The standard InChI is InChI=1S/C21H28FNO2Si/c1-13(2)26(14(3)4,15(5)6)11-10-17-18(22)9-8-16-12-19(25-7)23-21(24)20(16)17/h8-9,12-15H,1-7H3,(H,23,24). The Morgan fingerprint density at radius 2 is 1.65 bits per heavy atom. The van der Waals surface area contributed by atoms with Gasteiger partial charge in [0.25, 0.3) is 5.56 Å². The maximum Gasteiger partial charge on any atom is 0.259 e. The first-order chi connectivity index (χ1) is 12.1. The molecule has 0 atom stereocenters.